The number of aromatic nitrogens is 1. The van der Waals surface area contributed by atoms with Crippen LogP contribution in [0.5, 0.6) is 0 Å². The summed E-state index contributed by atoms with van der Waals surface area (Å²) < 4.78 is 5.70. The van der Waals surface area contributed by atoms with E-state index in [0.717, 1.165) is 6.29 Å². The SMILES string of the molecule is CCC[CH2][Sn]([CH2]CCC)([CH2]CCC)[c]1ccc(C=O)cn1. The van der Waals surface area contributed by atoms with E-state index >= 15 is 0 Å². The van der Waals surface area contributed by atoms with Crippen LogP contribution in [-0.2, 0) is 0 Å². The van der Waals surface area contributed by atoms with Crippen molar-refractivity contribution in [1.29, 1.82) is 0 Å². The normalized spacial score (nSPS) is 11.6. The molecule has 1 heterocycles. The summed E-state index contributed by atoms with van der Waals surface area (Å²) in [5.74, 6) is 0. The Bertz CT molecular complexity index is 380. The number of hydrogen-bond acceptors (Lipinski definition) is 2. The van der Waals surface area contributed by atoms with Crippen molar-refractivity contribution in [2.24, 2.45) is 0 Å². The van der Waals surface area contributed by atoms with Crippen molar-refractivity contribution in [3.05, 3.63) is 23.9 Å². The van der Waals surface area contributed by atoms with Gasteiger partial charge in [-0.05, 0) is 0 Å². The second-order valence-electron chi connectivity index (χ2n) is 6.19. The number of pyridine rings is 1. The van der Waals surface area contributed by atoms with Gasteiger partial charge in [0.1, 0.15) is 0 Å². The van der Waals surface area contributed by atoms with Gasteiger partial charge in [0.2, 0.25) is 0 Å². The van der Waals surface area contributed by atoms with Gasteiger partial charge >= 0.3 is 135 Å². The van der Waals surface area contributed by atoms with E-state index < -0.39 is 18.4 Å². The van der Waals surface area contributed by atoms with Crippen LogP contribution in [0.3, 0.4) is 0 Å². The molecule has 0 aromatic carbocycles. The maximum atomic E-state index is 10.9. The molecule has 1 rings (SSSR count). The van der Waals surface area contributed by atoms with Crippen LogP contribution < -0.4 is 3.71 Å². The van der Waals surface area contributed by atoms with Crippen molar-refractivity contribution in [1.82, 2.24) is 4.98 Å². The third-order valence-corrected chi connectivity index (χ3v) is 19.7. The average molecular weight is 396 g/mol. The van der Waals surface area contributed by atoms with E-state index in [1.807, 2.05) is 6.07 Å². The molecule has 0 amide bonds. The van der Waals surface area contributed by atoms with Crippen molar-refractivity contribution in [3.63, 3.8) is 0 Å². The Morgan fingerprint density at radius 3 is 1.81 bits per heavy atom. The first kappa shape index (κ1) is 18.7. The van der Waals surface area contributed by atoms with Gasteiger partial charge in [0.15, 0.2) is 0 Å². The van der Waals surface area contributed by atoms with Gasteiger partial charge in [-0.25, -0.2) is 0 Å². The number of aldehydes is 1. The molecular weight excluding hydrogens is 365 g/mol. The van der Waals surface area contributed by atoms with E-state index in [4.69, 9.17) is 4.98 Å². The molecule has 0 N–H and O–H groups in total. The predicted molar refractivity (Wildman–Crippen MR) is 94.2 cm³/mol. The van der Waals surface area contributed by atoms with E-state index in [9.17, 15) is 4.79 Å². The molecule has 0 fully saturated rings. The van der Waals surface area contributed by atoms with Crippen molar-refractivity contribution < 1.29 is 4.79 Å². The van der Waals surface area contributed by atoms with Crippen LogP contribution in [-0.4, -0.2) is 29.6 Å². The van der Waals surface area contributed by atoms with Crippen LogP contribution in [0.4, 0.5) is 0 Å². The molecule has 0 bridgehead atoms. The maximum absolute atomic E-state index is 10.9. The van der Waals surface area contributed by atoms with E-state index in [2.05, 4.69) is 26.8 Å². The average Bonchev–Trinajstić information content (AvgIpc) is 2.55. The Morgan fingerprint density at radius 1 is 0.952 bits per heavy atom. The molecule has 0 aliphatic heterocycles. The van der Waals surface area contributed by atoms with Crippen LogP contribution in [0.25, 0.3) is 0 Å². The van der Waals surface area contributed by atoms with Gasteiger partial charge in [0, 0.05) is 0 Å². The minimum absolute atomic E-state index is 0.709. The molecule has 0 radical (unpaired) electrons. The van der Waals surface area contributed by atoms with Crippen LogP contribution in [0.1, 0.15) is 69.7 Å². The quantitative estimate of drug-likeness (QED) is 0.392. The standard InChI is InChI=1S/C6H4NO.3C4H9.Sn/c8-5-6-2-1-3-7-4-6;3*1-3-4-2;/h1-2,4-5H;3*1,3-4H2,2H3;. The predicted octanol–water partition coefficient (Wildman–Crippen LogP) is 4.95. The van der Waals surface area contributed by atoms with E-state index in [1.54, 1.807) is 6.20 Å². The number of carbonyl (C=O) groups is 1. The summed E-state index contributed by atoms with van der Waals surface area (Å²) in [5.41, 5.74) is 0.709. The summed E-state index contributed by atoms with van der Waals surface area (Å²) in [5, 5.41) is 0. The fourth-order valence-corrected chi connectivity index (χ4v) is 18.5. The molecule has 0 aliphatic rings. The summed E-state index contributed by atoms with van der Waals surface area (Å²) in [6.07, 6.45) is 10.6. The zero-order valence-corrected chi connectivity index (χ0v) is 16.9. The van der Waals surface area contributed by atoms with Gasteiger partial charge in [0.25, 0.3) is 0 Å². The van der Waals surface area contributed by atoms with Crippen molar-refractivity contribution in [2.75, 3.05) is 0 Å². The molecule has 0 spiro atoms. The Hall–Kier alpha value is -0.381. The number of carbonyl (C=O) groups excluding carboxylic acids is 1. The summed E-state index contributed by atoms with van der Waals surface area (Å²) in [6.45, 7) is 6.87. The van der Waals surface area contributed by atoms with Gasteiger partial charge in [-0.15, -0.1) is 0 Å². The van der Waals surface area contributed by atoms with Crippen molar-refractivity contribution in [2.45, 2.75) is 72.6 Å². The third-order valence-electron chi connectivity index (χ3n) is 4.49. The molecule has 21 heavy (non-hydrogen) atoms. The van der Waals surface area contributed by atoms with Gasteiger partial charge in [-0.3, -0.25) is 0 Å². The summed E-state index contributed by atoms with van der Waals surface area (Å²) in [7, 11) is 0. The van der Waals surface area contributed by atoms with Gasteiger partial charge in [-0.1, -0.05) is 0 Å². The molecule has 118 valence electrons. The number of unbranched alkanes of at least 4 members (excludes halogenated alkanes) is 3. The Morgan fingerprint density at radius 2 is 1.48 bits per heavy atom. The Kier molecular flexibility index (Phi) is 9.21. The second-order valence-corrected chi connectivity index (χ2v) is 19.2. The molecular formula is C18H31NOSn. The topological polar surface area (TPSA) is 30.0 Å². The van der Waals surface area contributed by atoms with Crippen LogP contribution >= 0.6 is 0 Å². The molecule has 0 aliphatic carbocycles. The second kappa shape index (κ2) is 10.4. The zero-order valence-electron chi connectivity index (χ0n) is 14.0. The minimum atomic E-state index is -2.37. The number of hydrogen-bond donors (Lipinski definition) is 0. The van der Waals surface area contributed by atoms with Crippen molar-refractivity contribution >= 4 is 28.4 Å². The van der Waals surface area contributed by atoms with E-state index in [1.165, 1.54) is 55.5 Å². The number of nitrogens with zero attached hydrogens (tertiary/aromatic N) is 1. The summed E-state index contributed by atoms with van der Waals surface area (Å²) in [6, 6.07) is 4.16. The summed E-state index contributed by atoms with van der Waals surface area (Å²) >= 11 is -2.37. The van der Waals surface area contributed by atoms with E-state index in [0.29, 0.717) is 5.56 Å². The fourth-order valence-electron chi connectivity index (χ4n) is 3.09. The first-order valence-corrected chi connectivity index (χ1v) is 16.1. The summed E-state index contributed by atoms with van der Waals surface area (Å²) in [4.78, 5) is 15.6. The number of rotatable bonds is 11. The molecule has 1 aromatic rings. The molecule has 0 atom stereocenters. The van der Waals surface area contributed by atoms with Gasteiger partial charge in [0.05, 0.1) is 0 Å². The molecule has 1 aromatic heterocycles. The molecule has 0 unspecified atom stereocenters. The molecule has 0 saturated heterocycles. The van der Waals surface area contributed by atoms with Crippen LogP contribution in [0.15, 0.2) is 18.3 Å². The van der Waals surface area contributed by atoms with Crippen LogP contribution in [0.2, 0.25) is 13.3 Å². The zero-order chi connectivity index (χ0) is 15.6. The van der Waals surface area contributed by atoms with Crippen LogP contribution in [0, 0.1) is 0 Å². The first-order valence-electron chi connectivity index (χ1n) is 8.64. The van der Waals surface area contributed by atoms with Gasteiger partial charge < -0.3 is 0 Å². The molecule has 0 saturated carbocycles. The third kappa shape index (κ3) is 5.72. The molecule has 3 heteroatoms. The van der Waals surface area contributed by atoms with E-state index in [-0.39, 0.29) is 0 Å². The Labute approximate surface area is 134 Å². The first-order chi connectivity index (χ1) is 10.2. The fraction of sp³-hybridized carbons (Fsp3) is 0.667. The van der Waals surface area contributed by atoms with Crippen molar-refractivity contribution in [3.8, 4) is 0 Å². The Balaban J connectivity index is 3.05. The molecule has 2 nitrogen and oxygen atoms in total. The van der Waals surface area contributed by atoms with Gasteiger partial charge in [-0.2, -0.15) is 0 Å². The monoisotopic (exact) mass is 397 g/mol.